The van der Waals surface area contributed by atoms with Crippen molar-refractivity contribution >= 4 is 34.6 Å². The Morgan fingerprint density at radius 3 is 2.54 bits per heavy atom. The number of carbonyl (C=O) groups is 1. The van der Waals surface area contributed by atoms with Gasteiger partial charge >= 0.3 is 0 Å². The maximum Gasteiger partial charge on any atom is 0.236 e. The number of carbonyl (C=O) groups excluding carboxylic acids is 1. The fourth-order valence-corrected chi connectivity index (χ4v) is 5.66. The number of fused-ring (bicyclic) bond motifs is 4. The molecule has 0 unspecified atom stereocenters. The second-order valence-electron chi connectivity index (χ2n) is 9.42. The van der Waals surface area contributed by atoms with Gasteiger partial charge in [0.15, 0.2) is 22.3 Å². The molecule has 3 aromatic rings. The summed E-state index contributed by atoms with van der Waals surface area (Å²) in [4.78, 5) is 15.9. The summed E-state index contributed by atoms with van der Waals surface area (Å²) in [5, 5.41) is 7.12. The lowest BCUT2D eigenvalue weighted by Crippen LogP contribution is -2.72. The first-order chi connectivity index (χ1) is 16.7. The Morgan fingerprint density at radius 2 is 1.83 bits per heavy atom. The van der Waals surface area contributed by atoms with Crippen LogP contribution in [0.4, 0.5) is 11.4 Å². The molecule has 1 saturated heterocycles. The Balaban J connectivity index is 1.65. The molecule has 1 amide bonds. The van der Waals surface area contributed by atoms with Crippen LogP contribution >= 0.6 is 12.2 Å². The van der Waals surface area contributed by atoms with Crippen molar-refractivity contribution < 1.29 is 14.3 Å². The highest BCUT2D eigenvalue weighted by atomic mass is 32.1. The molecule has 2 bridgehead atoms. The first-order valence-electron chi connectivity index (χ1n) is 11.6. The van der Waals surface area contributed by atoms with E-state index in [1.807, 2.05) is 87.2 Å². The predicted octanol–water partition coefficient (Wildman–Crippen LogP) is 5.42. The van der Waals surface area contributed by atoms with Crippen molar-refractivity contribution in [1.82, 2.24) is 5.32 Å². The largest absolute Gasteiger partial charge is 0.493 e. The lowest BCUT2D eigenvalue weighted by Gasteiger charge is -2.56. The number of benzene rings is 3. The van der Waals surface area contributed by atoms with Gasteiger partial charge in [0, 0.05) is 16.9 Å². The number of methoxy groups -OCH3 is 1. The number of para-hydroxylation sites is 1. The van der Waals surface area contributed by atoms with Gasteiger partial charge in [-0.05, 0) is 75.3 Å². The van der Waals surface area contributed by atoms with Gasteiger partial charge < -0.3 is 20.1 Å². The van der Waals surface area contributed by atoms with Gasteiger partial charge in [0.05, 0.1) is 13.2 Å². The van der Waals surface area contributed by atoms with Gasteiger partial charge in [-0.1, -0.05) is 42.0 Å². The number of nitrogens with one attached hydrogen (secondary N) is 2. The minimum atomic E-state index is -1.11. The molecular weight excluding hydrogens is 458 g/mol. The van der Waals surface area contributed by atoms with Crippen LogP contribution in [0.25, 0.3) is 0 Å². The van der Waals surface area contributed by atoms with Crippen molar-refractivity contribution in [2.45, 2.75) is 39.5 Å². The number of ether oxygens (including phenoxy) is 2. The maximum absolute atomic E-state index is 14.0. The molecule has 0 saturated carbocycles. The average Bonchev–Trinajstić information content (AvgIpc) is 2.80. The van der Waals surface area contributed by atoms with Crippen molar-refractivity contribution in [1.29, 1.82) is 0 Å². The molecule has 2 aliphatic rings. The summed E-state index contributed by atoms with van der Waals surface area (Å²) in [5.41, 5.74) is 4.60. The molecule has 35 heavy (non-hydrogen) atoms. The highest BCUT2D eigenvalue weighted by Crippen LogP contribution is 2.52. The summed E-state index contributed by atoms with van der Waals surface area (Å²) < 4.78 is 12.3. The number of amides is 1. The fraction of sp³-hybridized carbons (Fsp3) is 0.286. The summed E-state index contributed by atoms with van der Waals surface area (Å²) in [6.07, 6.45) is 0. The molecule has 5 rings (SSSR count). The Morgan fingerprint density at radius 1 is 1.09 bits per heavy atom. The Hall–Kier alpha value is -3.58. The molecule has 2 aliphatic heterocycles. The molecule has 0 spiro atoms. The van der Waals surface area contributed by atoms with Crippen LogP contribution in [0.2, 0.25) is 0 Å². The quantitative estimate of drug-likeness (QED) is 0.479. The molecule has 0 aromatic heterocycles. The van der Waals surface area contributed by atoms with E-state index in [0.29, 0.717) is 16.6 Å². The number of anilines is 2. The van der Waals surface area contributed by atoms with E-state index >= 15 is 0 Å². The second kappa shape index (κ2) is 8.57. The van der Waals surface area contributed by atoms with Crippen molar-refractivity contribution in [2.75, 3.05) is 17.3 Å². The van der Waals surface area contributed by atoms with E-state index in [1.54, 1.807) is 7.11 Å². The van der Waals surface area contributed by atoms with Gasteiger partial charge in [-0.2, -0.15) is 0 Å². The van der Waals surface area contributed by atoms with E-state index in [-0.39, 0.29) is 5.91 Å². The van der Waals surface area contributed by atoms with Crippen molar-refractivity contribution in [3.05, 3.63) is 82.9 Å². The van der Waals surface area contributed by atoms with Crippen LogP contribution < -0.4 is 25.0 Å². The summed E-state index contributed by atoms with van der Waals surface area (Å²) in [5.74, 6) is 0.470. The third-order valence-electron chi connectivity index (χ3n) is 6.89. The molecule has 0 radical (unpaired) electrons. The number of thiocarbonyl (C=S) groups is 1. The first kappa shape index (κ1) is 23.2. The SMILES string of the molecule is COc1cccc2c1O[C@@]1(C)[C@@H](C(=O)Nc3ccc(C)cc3C)[C@H]2NC(=S)N1c1cccc(C)c1. The van der Waals surface area contributed by atoms with E-state index in [0.717, 1.165) is 33.6 Å². The van der Waals surface area contributed by atoms with Crippen LogP contribution in [-0.4, -0.2) is 23.9 Å². The molecule has 3 aromatic carbocycles. The molecule has 2 N–H and O–H groups in total. The summed E-state index contributed by atoms with van der Waals surface area (Å²) in [6.45, 7) is 7.99. The lowest BCUT2D eigenvalue weighted by atomic mass is 9.78. The van der Waals surface area contributed by atoms with Gasteiger partial charge in [0.1, 0.15) is 5.92 Å². The zero-order valence-corrected chi connectivity index (χ0v) is 21.3. The minimum absolute atomic E-state index is 0.148. The van der Waals surface area contributed by atoms with E-state index in [9.17, 15) is 4.79 Å². The Labute approximate surface area is 211 Å². The van der Waals surface area contributed by atoms with Crippen molar-refractivity contribution in [3.8, 4) is 11.5 Å². The molecular formula is C28H29N3O3S. The third kappa shape index (κ3) is 3.80. The predicted molar refractivity (Wildman–Crippen MR) is 142 cm³/mol. The zero-order chi connectivity index (χ0) is 24.9. The van der Waals surface area contributed by atoms with Crippen LogP contribution in [0, 0.1) is 26.7 Å². The monoisotopic (exact) mass is 487 g/mol. The smallest absolute Gasteiger partial charge is 0.236 e. The van der Waals surface area contributed by atoms with E-state index in [2.05, 4.69) is 16.7 Å². The molecule has 2 heterocycles. The molecule has 6 nitrogen and oxygen atoms in total. The van der Waals surface area contributed by atoms with Gasteiger partial charge in [0.25, 0.3) is 0 Å². The molecule has 3 atom stereocenters. The molecule has 0 aliphatic carbocycles. The maximum atomic E-state index is 14.0. The van der Waals surface area contributed by atoms with Gasteiger partial charge in [-0.3, -0.25) is 9.69 Å². The highest BCUT2D eigenvalue weighted by molar-refractivity contribution is 7.80. The van der Waals surface area contributed by atoms with Crippen LogP contribution in [0.15, 0.2) is 60.7 Å². The Kier molecular flexibility index (Phi) is 5.68. The second-order valence-corrected chi connectivity index (χ2v) is 9.81. The summed E-state index contributed by atoms with van der Waals surface area (Å²) in [6, 6.07) is 19.4. The van der Waals surface area contributed by atoms with E-state index < -0.39 is 17.7 Å². The van der Waals surface area contributed by atoms with Gasteiger partial charge in [0.2, 0.25) is 5.91 Å². The normalized spacial score (nSPS) is 22.5. The first-order valence-corrected chi connectivity index (χ1v) is 12.0. The van der Waals surface area contributed by atoms with E-state index in [4.69, 9.17) is 21.7 Å². The topological polar surface area (TPSA) is 62.8 Å². The summed E-state index contributed by atoms with van der Waals surface area (Å²) >= 11 is 5.85. The number of nitrogens with zero attached hydrogens (tertiary/aromatic N) is 1. The van der Waals surface area contributed by atoms with E-state index in [1.165, 1.54) is 0 Å². The molecule has 7 heteroatoms. The average molecular weight is 488 g/mol. The number of hydrogen-bond acceptors (Lipinski definition) is 4. The lowest BCUT2D eigenvalue weighted by molar-refractivity contribution is -0.130. The van der Waals surface area contributed by atoms with Crippen LogP contribution in [0.1, 0.15) is 35.2 Å². The minimum Gasteiger partial charge on any atom is -0.493 e. The fourth-order valence-electron chi connectivity index (χ4n) is 5.25. The summed E-state index contributed by atoms with van der Waals surface area (Å²) in [7, 11) is 1.62. The standard InChI is InChI=1S/C28H29N3O3S/c1-16-8-6-9-19(15-16)31-27(35)30-24-20-10-7-11-22(33-5)25(20)34-28(31,4)23(24)26(32)29-21-13-12-17(2)14-18(21)3/h6-15,23-24H,1-5H3,(H,29,32)(H,30,35)/t23-,24+,28+/m1/s1. The number of hydrogen-bond donors (Lipinski definition) is 2. The van der Waals surface area contributed by atoms with Crippen molar-refractivity contribution in [3.63, 3.8) is 0 Å². The zero-order valence-electron chi connectivity index (χ0n) is 20.5. The molecule has 180 valence electrons. The van der Waals surface area contributed by atoms with Crippen LogP contribution in [0.5, 0.6) is 11.5 Å². The van der Waals surface area contributed by atoms with Crippen molar-refractivity contribution in [2.24, 2.45) is 5.92 Å². The van der Waals surface area contributed by atoms with Crippen LogP contribution in [-0.2, 0) is 4.79 Å². The van der Waals surface area contributed by atoms with Gasteiger partial charge in [-0.25, -0.2) is 0 Å². The number of aryl methyl sites for hydroxylation is 3. The highest BCUT2D eigenvalue weighted by Gasteiger charge is 2.59. The van der Waals surface area contributed by atoms with Crippen LogP contribution in [0.3, 0.4) is 0 Å². The third-order valence-corrected chi connectivity index (χ3v) is 7.19. The molecule has 1 fully saturated rings. The van der Waals surface area contributed by atoms with Gasteiger partial charge in [-0.15, -0.1) is 0 Å². The number of rotatable bonds is 4. The Bertz CT molecular complexity index is 1340.